The van der Waals surface area contributed by atoms with Crippen molar-refractivity contribution in [2.75, 3.05) is 4.90 Å². The molecule has 8 heteroatoms. The van der Waals surface area contributed by atoms with Crippen molar-refractivity contribution in [1.29, 1.82) is 0 Å². The van der Waals surface area contributed by atoms with Gasteiger partial charge in [0.2, 0.25) is 11.8 Å². The molecule has 0 saturated carbocycles. The Hall–Kier alpha value is -3.00. The van der Waals surface area contributed by atoms with Crippen LogP contribution in [-0.2, 0) is 33.4 Å². The number of nitrogens with zero attached hydrogens (tertiary/aromatic N) is 1. The highest BCUT2D eigenvalue weighted by Gasteiger charge is 2.72. The number of benzene rings is 1. The number of rotatable bonds is 4. The number of imide groups is 1. The zero-order valence-corrected chi connectivity index (χ0v) is 14.7. The van der Waals surface area contributed by atoms with E-state index in [1.54, 1.807) is 42.5 Å². The fourth-order valence-electron chi connectivity index (χ4n) is 4.05. The van der Waals surface area contributed by atoms with Gasteiger partial charge in [-0.2, -0.15) is 0 Å². The van der Waals surface area contributed by atoms with E-state index < -0.39 is 53.6 Å². The number of carbonyl (C=O) groups excluding carboxylic acids is 4. The Labute approximate surface area is 154 Å². The van der Waals surface area contributed by atoms with Gasteiger partial charge in [-0.05, 0) is 18.2 Å². The first kappa shape index (κ1) is 17.4. The van der Waals surface area contributed by atoms with Crippen LogP contribution in [0.5, 0.6) is 0 Å². The summed E-state index contributed by atoms with van der Waals surface area (Å²) in [7, 11) is 0. The lowest BCUT2D eigenvalue weighted by atomic mass is 9.76. The van der Waals surface area contributed by atoms with Gasteiger partial charge < -0.3 is 14.2 Å². The molecule has 4 rings (SSSR count). The van der Waals surface area contributed by atoms with Crippen LogP contribution in [-0.4, -0.2) is 41.7 Å². The lowest BCUT2D eigenvalue weighted by Gasteiger charge is -2.34. The number of para-hydroxylation sites is 1. The van der Waals surface area contributed by atoms with E-state index in [1.165, 1.54) is 0 Å². The molecule has 1 aromatic carbocycles. The average Bonchev–Trinajstić information content (AvgIpc) is 3.26. The molecule has 0 spiro atoms. The van der Waals surface area contributed by atoms with Gasteiger partial charge in [0.05, 0.1) is 23.6 Å². The molecule has 2 fully saturated rings. The van der Waals surface area contributed by atoms with Gasteiger partial charge in [-0.25, -0.2) is 4.90 Å². The Kier molecular flexibility index (Phi) is 3.88. The molecule has 0 radical (unpaired) electrons. The minimum Gasteiger partial charge on any atom is -0.422 e. The average molecular weight is 371 g/mol. The van der Waals surface area contributed by atoms with Crippen LogP contribution in [0.15, 0.2) is 42.5 Å². The third-order valence-corrected chi connectivity index (χ3v) is 5.01. The normalized spacial score (nSPS) is 30.8. The highest BCUT2D eigenvalue weighted by Crippen LogP contribution is 2.54. The summed E-state index contributed by atoms with van der Waals surface area (Å²) in [6, 6.07) is 8.56. The Bertz CT molecular complexity index is 848. The first-order valence-electron chi connectivity index (χ1n) is 8.49. The van der Waals surface area contributed by atoms with E-state index in [-0.39, 0.29) is 0 Å². The zero-order chi connectivity index (χ0) is 19.3. The van der Waals surface area contributed by atoms with Crippen molar-refractivity contribution in [3.63, 3.8) is 0 Å². The van der Waals surface area contributed by atoms with E-state index in [2.05, 4.69) is 0 Å². The summed E-state index contributed by atoms with van der Waals surface area (Å²) < 4.78 is 16.2. The van der Waals surface area contributed by atoms with E-state index in [0.29, 0.717) is 5.69 Å². The lowest BCUT2D eigenvalue weighted by molar-refractivity contribution is -0.226. The topological polar surface area (TPSA) is 99.2 Å². The minimum atomic E-state index is -1.52. The van der Waals surface area contributed by atoms with Crippen molar-refractivity contribution in [1.82, 2.24) is 0 Å². The Morgan fingerprint density at radius 3 is 2.30 bits per heavy atom. The molecular formula is C19H17NO7. The van der Waals surface area contributed by atoms with Crippen molar-refractivity contribution >= 4 is 29.4 Å². The van der Waals surface area contributed by atoms with Gasteiger partial charge in [0.1, 0.15) is 0 Å². The molecule has 1 aromatic rings. The second-order valence-electron chi connectivity index (χ2n) is 6.70. The molecule has 0 aromatic heterocycles. The summed E-state index contributed by atoms with van der Waals surface area (Å²) in [5, 5.41) is 0. The number of amides is 2. The summed E-state index contributed by atoms with van der Waals surface area (Å²) in [4.78, 5) is 50.3. The van der Waals surface area contributed by atoms with Crippen molar-refractivity contribution in [2.45, 2.75) is 31.8 Å². The zero-order valence-electron chi connectivity index (χ0n) is 14.7. The van der Waals surface area contributed by atoms with Crippen LogP contribution < -0.4 is 4.90 Å². The largest absolute Gasteiger partial charge is 0.422 e. The Morgan fingerprint density at radius 2 is 1.70 bits per heavy atom. The standard InChI is InChI=1S/C19H17NO7/c1-10(21)25-18(26-11(2)22)19-9-8-13(27-19)14-15(19)17(24)20(16(14)23)12-6-4-3-5-7-12/h3-9,13-15,18H,1-2H3/t13-,14+,15-,19-/m1/s1. The molecule has 0 aliphatic carbocycles. The summed E-state index contributed by atoms with van der Waals surface area (Å²) in [6.07, 6.45) is 1.07. The van der Waals surface area contributed by atoms with E-state index >= 15 is 0 Å². The SMILES string of the molecule is CC(=O)OC(OC(C)=O)[C@]12C=C[C@@H](O1)[C@@H]1C(=O)N(c3ccccc3)C(=O)[C@@H]12. The maximum Gasteiger partial charge on any atom is 0.305 e. The molecule has 2 bridgehead atoms. The van der Waals surface area contributed by atoms with E-state index in [4.69, 9.17) is 14.2 Å². The third-order valence-electron chi connectivity index (χ3n) is 5.01. The molecule has 27 heavy (non-hydrogen) atoms. The predicted octanol–water partition coefficient (Wildman–Crippen LogP) is 0.952. The van der Waals surface area contributed by atoms with Gasteiger partial charge >= 0.3 is 11.9 Å². The summed E-state index contributed by atoms with van der Waals surface area (Å²) in [5.41, 5.74) is -1.07. The van der Waals surface area contributed by atoms with Gasteiger partial charge in [0.25, 0.3) is 6.29 Å². The minimum absolute atomic E-state index is 0.392. The quantitative estimate of drug-likeness (QED) is 0.336. The van der Waals surface area contributed by atoms with Crippen molar-refractivity contribution in [3.05, 3.63) is 42.5 Å². The predicted molar refractivity (Wildman–Crippen MR) is 90.0 cm³/mol. The molecule has 2 amide bonds. The van der Waals surface area contributed by atoms with Crippen LogP contribution in [0.25, 0.3) is 0 Å². The van der Waals surface area contributed by atoms with Crippen LogP contribution >= 0.6 is 0 Å². The van der Waals surface area contributed by atoms with Crippen LogP contribution in [0.1, 0.15) is 13.8 Å². The fourth-order valence-corrected chi connectivity index (χ4v) is 4.05. The number of hydrogen-bond acceptors (Lipinski definition) is 7. The number of anilines is 1. The summed E-state index contributed by atoms with van der Waals surface area (Å²) in [6.45, 7) is 2.32. The number of esters is 2. The van der Waals surface area contributed by atoms with Gasteiger partial charge in [0, 0.05) is 13.8 Å². The molecule has 4 atom stereocenters. The molecule has 2 saturated heterocycles. The monoisotopic (exact) mass is 371 g/mol. The number of carbonyl (C=O) groups is 4. The smallest absolute Gasteiger partial charge is 0.305 e. The van der Waals surface area contributed by atoms with Crippen molar-refractivity contribution < 1.29 is 33.4 Å². The molecule has 8 nitrogen and oxygen atoms in total. The van der Waals surface area contributed by atoms with Gasteiger partial charge in [-0.15, -0.1) is 0 Å². The van der Waals surface area contributed by atoms with Crippen LogP contribution in [0.3, 0.4) is 0 Å². The second kappa shape index (κ2) is 6.02. The Balaban J connectivity index is 1.75. The highest BCUT2D eigenvalue weighted by molar-refractivity contribution is 6.23. The van der Waals surface area contributed by atoms with E-state index in [1.807, 2.05) is 0 Å². The van der Waals surface area contributed by atoms with Crippen molar-refractivity contribution in [2.24, 2.45) is 11.8 Å². The van der Waals surface area contributed by atoms with Gasteiger partial charge in [0.15, 0.2) is 5.60 Å². The third kappa shape index (κ3) is 2.48. The molecule has 3 heterocycles. The van der Waals surface area contributed by atoms with Crippen molar-refractivity contribution in [3.8, 4) is 0 Å². The van der Waals surface area contributed by atoms with Crippen LogP contribution in [0.4, 0.5) is 5.69 Å². The molecule has 0 N–H and O–H groups in total. The first-order chi connectivity index (χ1) is 12.8. The van der Waals surface area contributed by atoms with E-state index in [0.717, 1.165) is 18.7 Å². The number of fused-ring (bicyclic) bond motifs is 5. The Morgan fingerprint density at radius 1 is 1.07 bits per heavy atom. The molecule has 140 valence electrons. The van der Waals surface area contributed by atoms with Gasteiger partial charge in [-0.3, -0.25) is 19.2 Å². The molecular weight excluding hydrogens is 354 g/mol. The van der Waals surface area contributed by atoms with E-state index in [9.17, 15) is 19.2 Å². The van der Waals surface area contributed by atoms with Crippen LogP contribution in [0, 0.1) is 11.8 Å². The first-order valence-corrected chi connectivity index (χ1v) is 8.49. The maximum atomic E-state index is 13.2. The molecule has 3 aliphatic rings. The molecule has 3 aliphatic heterocycles. The number of hydrogen-bond donors (Lipinski definition) is 0. The number of ether oxygens (including phenoxy) is 3. The maximum absolute atomic E-state index is 13.2. The van der Waals surface area contributed by atoms with Gasteiger partial charge in [-0.1, -0.05) is 24.3 Å². The fraction of sp³-hybridized carbons (Fsp3) is 0.368. The second-order valence-corrected chi connectivity index (χ2v) is 6.70. The summed E-state index contributed by atoms with van der Waals surface area (Å²) >= 11 is 0. The molecule has 0 unspecified atom stereocenters. The highest BCUT2D eigenvalue weighted by atomic mass is 16.7. The summed E-state index contributed by atoms with van der Waals surface area (Å²) in [5.74, 6) is -3.99. The lowest BCUT2D eigenvalue weighted by Crippen LogP contribution is -2.52. The van der Waals surface area contributed by atoms with Crippen LogP contribution in [0.2, 0.25) is 0 Å².